The van der Waals surface area contributed by atoms with Crippen LogP contribution in [0.1, 0.15) is 98.6 Å². The fraction of sp³-hybridized carbons (Fsp3) is 0.273. The Morgan fingerprint density at radius 3 is 1.26 bits per heavy atom. The Labute approximate surface area is 326 Å². The summed E-state index contributed by atoms with van der Waals surface area (Å²) in [6.07, 6.45) is 21.3. The Bertz CT molecular complexity index is 2240. The molecule has 0 N–H and O–H groups in total. The third-order valence-electron chi connectivity index (χ3n) is 9.80. The van der Waals surface area contributed by atoms with Crippen LogP contribution in [0, 0.1) is 0 Å². The first-order valence-corrected chi connectivity index (χ1v) is 22.2. The number of ether oxygens (including phenoxy) is 1. The number of benzene rings is 4. The first-order chi connectivity index (χ1) is 26.2. The van der Waals surface area contributed by atoms with E-state index in [0.717, 1.165) is 76.3 Å². The van der Waals surface area contributed by atoms with Crippen molar-refractivity contribution in [1.82, 2.24) is 19.9 Å². The second-order valence-corrected chi connectivity index (χ2v) is 16.9. The minimum absolute atomic E-state index is 0.727. The van der Waals surface area contributed by atoms with Gasteiger partial charge >= 0.3 is 0 Å². The lowest BCUT2D eigenvalue weighted by atomic mass is 10.0. The summed E-state index contributed by atoms with van der Waals surface area (Å²) in [5.41, 5.74) is 18.4. The minimum Gasteiger partial charge on any atom is -0.450 e. The molecule has 4 aromatic carbocycles. The van der Waals surface area contributed by atoms with Gasteiger partial charge in [-0.05, 0) is 47.9 Å². The maximum atomic E-state index is 7.00. The number of nitrogens with zero attached hydrogens (tertiary/aromatic N) is 4. The van der Waals surface area contributed by atoms with Gasteiger partial charge in [-0.15, -0.1) is 45.3 Å². The number of aryl methyl sites for hydroxylation is 2. The van der Waals surface area contributed by atoms with Gasteiger partial charge in [-0.1, -0.05) is 125 Å². The average molecular weight is 771 g/mol. The number of thiazole rings is 4. The Morgan fingerprint density at radius 2 is 0.849 bits per heavy atom. The number of unbranched alkanes of at least 4 members (excludes halogenated alkanes) is 6. The van der Waals surface area contributed by atoms with Crippen LogP contribution < -0.4 is 4.74 Å². The molecule has 0 saturated heterocycles. The highest BCUT2D eigenvalue weighted by atomic mass is 32.1. The molecule has 0 radical (unpaired) electrons. The van der Waals surface area contributed by atoms with Gasteiger partial charge in [0.2, 0.25) is 0 Å². The van der Waals surface area contributed by atoms with Crippen molar-refractivity contribution in [3.63, 3.8) is 0 Å². The molecule has 0 aliphatic carbocycles. The van der Waals surface area contributed by atoms with Gasteiger partial charge in [0.15, 0.2) is 11.5 Å². The summed E-state index contributed by atoms with van der Waals surface area (Å²) < 4.78 is 11.1. The van der Waals surface area contributed by atoms with Crippen LogP contribution in [0.5, 0.6) is 11.5 Å². The van der Waals surface area contributed by atoms with Crippen molar-refractivity contribution < 1.29 is 4.74 Å². The molecule has 8 aromatic rings. The van der Waals surface area contributed by atoms with E-state index in [4.69, 9.17) is 24.7 Å². The van der Waals surface area contributed by atoms with Crippen molar-refractivity contribution in [1.29, 1.82) is 0 Å². The summed E-state index contributed by atoms with van der Waals surface area (Å²) in [7, 11) is 0. The first kappa shape index (κ1) is 35.7. The summed E-state index contributed by atoms with van der Waals surface area (Å²) >= 11 is 6.41. The van der Waals surface area contributed by atoms with E-state index in [-0.39, 0.29) is 0 Å². The van der Waals surface area contributed by atoms with Crippen molar-refractivity contribution in [3.8, 4) is 11.5 Å². The van der Waals surface area contributed by atoms with E-state index >= 15 is 0 Å². The molecule has 268 valence electrons. The fourth-order valence-electron chi connectivity index (χ4n) is 6.89. The number of hydrogen-bond donors (Lipinski definition) is 0. The van der Waals surface area contributed by atoms with E-state index < -0.39 is 0 Å². The number of aromatic nitrogens is 4. The van der Waals surface area contributed by atoms with Gasteiger partial charge in [0.1, 0.15) is 11.0 Å². The van der Waals surface area contributed by atoms with E-state index in [0.29, 0.717) is 0 Å². The highest BCUT2D eigenvalue weighted by Crippen LogP contribution is 2.48. The predicted molar refractivity (Wildman–Crippen MR) is 232 cm³/mol. The van der Waals surface area contributed by atoms with Gasteiger partial charge in [-0.3, -0.25) is 0 Å². The molecule has 0 spiro atoms. The van der Waals surface area contributed by atoms with Gasteiger partial charge in [-0.25, -0.2) is 19.9 Å². The highest BCUT2D eigenvalue weighted by Gasteiger charge is 2.24. The molecular weight excluding hydrogens is 729 g/mol. The van der Waals surface area contributed by atoms with E-state index in [9.17, 15) is 0 Å². The topological polar surface area (TPSA) is 60.8 Å². The van der Waals surface area contributed by atoms with Gasteiger partial charge < -0.3 is 4.74 Å². The maximum Gasteiger partial charge on any atom is 0.174 e. The summed E-state index contributed by atoms with van der Waals surface area (Å²) in [5.74, 6) is 1.45. The predicted octanol–water partition coefficient (Wildman–Crippen LogP) is 14.5. The second kappa shape index (κ2) is 16.8. The van der Waals surface area contributed by atoms with Crippen LogP contribution >= 0.6 is 45.3 Å². The Hall–Kier alpha value is -4.28. The normalized spacial score (nSPS) is 12.2. The van der Waals surface area contributed by atoms with Gasteiger partial charge in [-0.2, -0.15) is 0 Å². The van der Waals surface area contributed by atoms with Crippen molar-refractivity contribution in [2.75, 3.05) is 0 Å². The summed E-state index contributed by atoms with van der Waals surface area (Å²) in [6.45, 7) is 4.52. The Balaban J connectivity index is 1.09. The van der Waals surface area contributed by atoms with Crippen LogP contribution in [0.2, 0.25) is 0 Å². The number of rotatable bonds is 16. The van der Waals surface area contributed by atoms with Crippen molar-refractivity contribution >= 4 is 111 Å². The molecule has 0 atom stereocenters. The molecule has 4 aromatic heterocycles. The molecule has 0 unspecified atom stereocenters. The van der Waals surface area contributed by atoms with Crippen molar-refractivity contribution in [3.05, 3.63) is 104 Å². The zero-order valence-electron chi connectivity index (χ0n) is 30.1. The van der Waals surface area contributed by atoms with Crippen molar-refractivity contribution in [2.24, 2.45) is 0 Å². The lowest BCUT2D eigenvalue weighted by molar-refractivity contribution is 0.504. The largest absolute Gasteiger partial charge is 0.450 e. The van der Waals surface area contributed by atoms with E-state index in [1.54, 1.807) is 45.3 Å². The van der Waals surface area contributed by atoms with Crippen LogP contribution in [0.4, 0.5) is 0 Å². The van der Waals surface area contributed by atoms with Gasteiger partial charge in [0, 0.05) is 11.1 Å². The molecule has 9 heteroatoms. The first-order valence-electron chi connectivity index (χ1n) is 18.7. The summed E-state index contributed by atoms with van der Waals surface area (Å²) in [5, 5.41) is 0. The minimum atomic E-state index is 0.727. The molecule has 4 heterocycles. The Morgan fingerprint density at radius 1 is 0.453 bits per heavy atom. The van der Waals surface area contributed by atoms with Crippen LogP contribution in [-0.4, -0.2) is 19.9 Å². The van der Waals surface area contributed by atoms with Crippen LogP contribution in [0.25, 0.3) is 65.2 Å². The third-order valence-corrected chi connectivity index (χ3v) is 13.2. The van der Waals surface area contributed by atoms with E-state index in [1.807, 2.05) is 22.0 Å². The molecule has 53 heavy (non-hydrogen) atoms. The number of fused-ring (bicyclic) bond motifs is 4. The highest BCUT2D eigenvalue weighted by molar-refractivity contribution is 7.19. The van der Waals surface area contributed by atoms with Crippen LogP contribution in [-0.2, 0) is 12.8 Å². The van der Waals surface area contributed by atoms with E-state index in [2.05, 4.69) is 86.7 Å². The van der Waals surface area contributed by atoms with Crippen LogP contribution in [0.3, 0.4) is 0 Å². The second-order valence-electron chi connectivity index (χ2n) is 13.5. The summed E-state index contributed by atoms with van der Waals surface area (Å²) in [6, 6.07) is 17.9. The fourth-order valence-corrected chi connectivity index (χ4v) is 10.1. The smallest absolute Gasteiger partial charge is 0.174 e. The maximum absolute atomic E-state index is 7.00. The molecule has 5 nitrogen and oxygen atoms in total. The molecular formula is C44H42N4OS4. The summed E-state index contributed by atoms with van der Waals surface area (Å²) in [4.78, 5) is 19.4. The van der Waals surface area contributed by atoms with Gasteiger partial charge in [0.05, 0.1) is 51.9 Å². The van der Waals surface area contributed by atoms with E-state index in [1.165, 1.54) is 73.6 Å². The lowest BCUT2D eigenvalue weighted by Crippen LogP contribution is -1.92. The third kappa shape index (κ3) is 7.71. The average Bonchev–Trinajstić information content (AvgIpc) is 4.03. The molecule has 0 fully saturated rings. The molecule has 8 rings (SSSR count). The van der Waals surface area contributed by atoms with Gasteiger partial charge in [0.25, 0.3) is 0 Å². The Kier molecular flexibility index (Phi) is 11.3. The monoisotopic (exact) mass is 770 g/mol. The molecule has 0 saturated carbocycles. The standard InChI is InChI=1S/C44H42N4OS4/c1-3-5-7-9-11-29-13-17-31(18-14-29)21-23-33-35-43(52-25-45-35)39(37-41(33)50-27-47-37)49-40-38-42(51-28-48-38)34(36-44(40)53-26-46-36)24-22-32-19-15-30(16-20-32)12-10-8-6-4-2/h13-28H,3-12H2,1-2H3. The zero-order valence-corrected chi connectivity index (χ0v) is 33.4. The molecule has 0 aliphatic heterocycles. The molecule has 0 amide bonds. The molecule has 0 bridgehead atoms. The SMILES string of the molecule is CCCCCCc1ccc(C=Cc2c3ncsc3c(Oc3c4ncsc4c(C=Cc4ccc(CCCCCC)cc4)c4ncsc34)c3ncsc23)cc1. The molecule has 0 aliphatic rings. The zero-order chi connectivity index (χ0) is 36.0. The van der Waals surface area contributed by atoms with Crippen molar-refractivity contribution in [2.45, 2.75) is 78.1 Å². The lowest BCUT2D eigenvalue weighted by Gasteiger charge is -2.12. The quantitative estimate of drug-likeness (QED) is 0.0723. The number of hydrogen-bond acceptors (Lipinski definition) is 9. The van der Waals surface area contributed by atoms with Crippen LogP contribution in [0.15, 0.2) is 70.6 Å².